The van der Waals surface area contributed by atoms with Crippen molar-refractivity contribution in [1.29, 1.82) is 0 Å². The van der Waals surface area contributed by atoms with Gasteiger partial charge in [0, 0.05) is 29.3 Å². The van der Waals surface area contributed by atoms with Crippen LogP contribution in [-0.4, -0.2) is 16.0 Å². The number of aliphatic imine (C=N–C) groups is 2. The lowest BCUT2D eigenvalue weighted by atomic mass is 10.0. The quantitative estimate of drug-likeness (QED) is 0.339. The Bertz CT molecular complexity index is 838. The Hall–Kier alpha value is -1.90. The molecular weight excluding hydrogens is 414 g/mol. The van der Waals surface area contributed by atoms with Crippen LogP contribution in [0, 0.1) is 19.8 Å². The van der Waals surface area contributed by atoms with Gasteiger partial charge in [-0.15, -0.1) is 0 Å². The Balaban J connectivity index is 0.00000201. The van der Waals surface area contributed by atoms with E-state index in [9.17, 15) is 0 Å². The molecule has 3 heteroatoms. The minimum absolute atomic E-state index is 0.531. The highest BCUT2D eigenvalue weighted by Gasteiger charge is 2.19. The second-order valence-corrected chi connectivity index (χ2v) is 9.52. The number of hydrogen-bond acceptors (Lipinski definition) is 2. The summed E-state index contributed by atoms with van der Waals surface area (Å²) < 4.78 is 2.40. The minimum atomic E-state index is 0.531. The molecule has 2 rings (SSSR count). The van der Waals surface area contributed by atoms with Crippen LogP contribution >= 0.6 is 0 Å². The molecule has 0 saturated heterocycles. The SMILES string of the molecule is C=C(C)C(=Nc1c(C)cn(C(CC)CC)c1C)/C(C)=C(\C)N=C(C)C1CCCC1.CC.CCC. The van der Waals surface area contributed by atoms with Gasteiger partial charge in [-0.1, -0.05) is 67.4 Å². The van der Waals surface area contributed by atoms with Gasteiger partial charge in [-0.3, -0.25) is 4.99 Å². The van der Waals surface area contributed by atoms with Gasteiger partial charge in [0.1, 0.15) is 0 Å². The summed E-state index contributed by atoms with van der Waals surface area (Å²) in [6, 6.07) is 0.531. The Morgan fingerprint density at radius 1 is 1.00 bits per heavy atom. The van der Waals surface area contributed by atoms with Gasteiger partial charge in [0.25, 0.3) is 0 Å². The molecule has 1 aromatic rings. The van der Waals surface area contributed by atoms with Crippen molar-refractivity contribution in [3.8, 4) is 0 Å². The second kappa shape index (κ2) is 16.7. The molecule has 0 aliphatic heterocycles. The Labute approximate surface area is 212 Å². The van der Waals surface area contributed by atoms with Crippen molar-refractivity contribution in [2.24, 2.45) is 15.9 Å². The molecule has 194 valence electrons. The van der Waals surface area contributed by atoms with Crippen molar-refractivity contribution in [2.45, 2.75) is 134 Å². The highest BCUT2D eigenvalue weighted by Crippen LogP contribution is 2.32. The van der Waals surface area contributed by atoms with Crippen LogP contribution in [0.25, 0.3) is 0 Å². The Kier molecular flexibility index (Phi) is 15.7. The molecule has 1 heterocycles. The fourth-order valence-corrected chi connectivity index (χ4v) is 4.57. The number of aryl methyl sites for hydroxylation is 1. The number of nitrogens with zero attached hydrogens (tertiary/aromatic N) is 3. The first-order chi connectivity index (χ1) is 16.1. The average Bonchev–Trinajstić information content (AvgIpc) is 3.44. The first-order valence-corrected chi connectivity index (χ1v) is 13.8. The molecule has 0 unspecified atom stereocenters. The summed E-state index contributed by atoms with van der Waals surface area (Å²) >= 11 is 0. The molecule has 1 aliphatic carbocycles. The summed E-state index contributed by atoms with van der Waals surface area (Å²) in [6.07, 6.45) is 11.0. The number of rotatable bonds is 8. The average molecular weight is 470 g/mol. The Morgan fingerprint density at radius 2 is 1.50 bits per heavy atom. The molecule has 0 spiro atoms. The van der Waals surface area contributed by atoms with Gasteiger partial charge in [0.2, 0.25) is 0 Å². The maximum absolute atomic E-state index is 5.12. The van der Waals surface area contributed by atoms with E-state index < -0.39 is 0 Å². The standard InChI is InChI=1S/C26H41N3.C3H8.C2H6/c1-10-24(11-2)29-16-18(5)26(22(29)9)28-25(17(3)4)19(6)20(7)27-21(8)23-14-12-13-15-23;1-3-2;1-2/h16,23-24H,3,10-15H2,1-2,4-9H3;3H2,1-2H3;1-2H3/b20-19+,27-21?,28-25?;;. The van der Waals surface area contributed by atoms with E-state index in [0.717, 1.165) is 41.1 Å². The molecule has 1 fully saturated rings. The lowest BCUT2D eigenvalue weighted by Gasteiger charge is -2.17. The van der Waals surface area contributed by atoms with E-state index in [2.05, 4.69) is 79.7 Å². The van der Waals surface area contributed by atoms with Crippen LogP contribution in [0.1, 0.15) is 131 Å². The van der Waals surface area contributed by atoms with E-state index >= 15 is 0 Å². The van der Waals surface area contributed by atoms with E-state index in [4.69, 9.17) is 9.98 Å². The van der Waals surface area contributed by atoms with Gasteiger partial charge in [-0.05, 0) is 89.9 Å². The third-order valence-corrected chi connectivity index (χ3v) is 6.59. The molecule has 0 radical (unpaired) electrons. The molecule has 3 nitrogen and oxygen atoms in total. The summed E-state index contributed by atoms with van der Waals surface area (Å²) in [5.74, 6) is 0.654. The molecule has 1 saturated carbocycles. The fourth-order valence-electron chi connectivity index (χ4n) is 4.57. The molecule has 0 amide bonds. The monoisotopic (exact) mass is 469 g/mol. The largest absolute Gasteiger partial charge is 0.346 e. The highest BCUT2D eigenvalue weighted by atomic mass is 15.0. The van der Waals surface area contributed by atoms with Crippen molar-refractivity contribution in [2.75, 3.05) is 0 Å². The molecular formula is C31H55N3. The van der Waals surface area contributed by atoms with E-state index in [0.29, 0.717) is 12.0 Å². The van der Waals surface area contributed by atoms with E-state index in [1.165, 1.54) is 49.1 Å². The van der Waals surface area contributed by atoms with Gasteiger partial charge in [0.05, 0.1) is 11.4 Å². The predicted molar refractivity (Wildman–Crippen MR) is 156 cm³/mol. The van der Waals surface area contributed by atoms with E-state index in [1.807, 2.05) is 20.8 Å². The van der Waals surface area contributed by atoms with E-state index in [-0.39, 0.29) is 0 Å². The summed E-state index contributed by atoms with van der Waals surface area (Å²) in [4.78, 5) is 10.1. The smallest absolute Gasteiger partial charge is 0.0872 e. The number of hydrogen-bond donors (Lipinski definition) is 0. The van der Waals surface area contributed by atoms with Crippen molar-refractivity contribution in [3.05, 3.63) is 40.9 Å². The van der Waals surface area contributed by atoms with E-state index in [1.54, 1.807) is 0 Å². The van der Waals surface area contributed by atoms with Crippen molar-refractivity contribution < 1.29 is 0 Å². The fraction of sp³-hybridized carbons (Fsp3) is 0.677. The first-order valence-electron chi connectivity index (χ1n) is 13.8. The third kappa shape index (κ3) is 9.04. The van der Waals surface area contributed by atoms with Gasteiger partial charge in [-0.2, -0.15) is 0 Å². The van der Waals surface area contributed by atoms with Crippen LogP contribution in [0.15, 0.2) is 39.6 Å². The van der Waals surface area contributed by atoms with Crippen molar-refractivity contribution >= 4 is 17.1 Å². The van der Waals surface area contributed by atoms with Crippen LogP contribution in [0.4, 0.5) is 5.69 Å². The van der Waals surface area contributed by atoms with Crippen molar-refractivity contribution in [1.82, 2.24) is 4.57 Å². The maximum atomic E-state index is 5.12. The van der Waals surface area contributed by atoms with Gasteiger partial charge >= 0.3 is 0 Å². The zero-order valence-corrected chi connectivity index (χ0v) is 24.7. The topological polar surface area (TPSA) is 29.6 Å². The first kappa shape index (κ1) is 32.1. The highest BCUT2D eigenvalue weighted by molar-refractivity contribution is 6.13. The maximum Gasteiger partial charge on any atom is 0.0872 e. The molecule has 0 N–H and O–H groups in total. The number of allylic oxidation sites excluding steroid dienone is 3. The molecule has 1 aromatic heterocycles. The summed E-state index contributed by atoms with van der Waals surface area (Å²) in [6.45, 7) is 29.8. The zero-order valence-electron chi connectivity index (χ0n) is 24.7. The van der Waals surface area contributed by atoms with Gasteiger partial charge < -0.3 is 4.57 Å². The van der Waals surface area contributed by atoms with Gasteiger partial charge in [0.15, 0.2) is 0 Å². The summed E-state index contributed by atoms with van der Waals surface area (Å²) in [5.41, 5.74) is 8.97. The molecule has 1 aliphatic rings. The van der Waals surface area contributed by atoms with Crippen LogP contribution in [0.2, 0.25) is 0 Å². The van der Waals surface area contributed by atoms with Crippen LogP contribution < -0.4 is 0 Å². The minimum Gasteiger partial charge on any atom is -0.346 e. The molecule has 0 atom stereocenters. The molecule has 0 aromatic carbocycles. The lowest BCUT2D eigenvalue weighted by Crippen LogP contribution is -2.09. The van der Waals surface area contributed by atoms with Gasteiger partial charge in [-0.25, -0.2) is 4.99 Å². The van der Waals surface area contributed by atoms with Crippen LogP contribution in [0.3, 0.4) is 0 Å². The van der Waals surface area contributed by atoms with Crippen molar-refractivity contribution in [3.63, 3.8) is 0 Å². The summed E-state index contributed by atoms with van der Waals surface area (Å²) in [7, 11) is 0. The number of aromatic nitrogens is 1. The predicted octanol–water partition coefficient (Wildman–Crippen LogP) is 10.5. The molecule has 34 heavy (non-hydrogen) atoms. The molecule has 0 bridgehead atoms. The zero-order chi connectivity index (χ0) is 26.4. The normalized spacial score (nSPS) is 15.4. The Morgan fingerprint density at radius 3 is 1.94 bits per heavy atom. The summed E-state index contributed by atoms with van der Waals surface area (Å²) in [5, 5.41) is 0. The lowest BCUT2D eigenvalue weighted by molar-refractivity contribution is 0.465. The third-order valence-electron chi connectivity index (χ3n) is 6.59. The van der Waals surface area contributed by atoms with Crippen LogP contribution in [0.5, 0.6) is 0 Å². The second-order valence-electron chi connectivity index (χ2n) is 9.52. The van der Waals surface area contributed by atoms with Crippen LogP contribution in [-0.2, 0) is 0 Å².